The quantitative estimate of drug-likeness (QED) is 0.494. The van der Waals surface area contributed by atoms with E-state index in [0.717, 1.165) is 0 Å². The summed E-state index contributed by atoms with van der Waals surface area (Å²) in [6, 6.07) is 0. The van der Waals surface area contributed by atoms with Crippen molar-refractivity contribution in [2.45, 2.75) is 26.6 Å². The number of ether oxygens (including phenoxy) is 3. The fraction of sp³-hybridized carbons (Fsp3) is 0.833. The molecule has 2 heterocycles. The minimum Gasteiger partial charge on any atom is -0.459 e. The molecule has 0 atom stereocenters. The first-order valence-corrected chi connectivity index (χ1v) is 6.11. The molecule has 2 aliphatic rings. The molecule has 6 heteroatoms. The first kappa shape index (κ1) is 13.3. The summed E-state index contributed by atoms with van der Waals surface area (Å²) in [7, 11) is 0. The van der Waals surface area contributed by atoms with Crippen molar-refractivity contribution in [1.82, 2.24) is 4.90 Å². The Labute approximate surface area is 106 Å². The normalized spacial score (nSPS) is 24.5. The van der Waals surface area contributed by atoms with E-state index in [1.807, 2.05) is 13.8 Å². The maximum Gasteiger partial charge on any atom is 0.397 e. The van der Waals surface area contributed by atoms with Crippen LogP contribution in [0.25, 0.3) is 0 Å². The van der Waals surface area contributed by atoms with Crippen LogP contribution in [0, 0.1) is 5.41 Å². The lowest BCUT2D eigenvalue weighted by Crippen LogP contribution is -2.66. The predicted octanol–water partition coefficient (Wildman–Crippen LogP) is 0.161. The second kappa shape index (κ2) is 4.51. The van der Waals surface area contributed by atoms with Crippen molar-refractivity contribution in [3.8, 4) is 0 Å². The van der Waals surface area contributed by atoms with Crippen LogP contribution in [0.3, 0.4) is 0 Å². The lowest BCUT2D eigenvalue weighted by atomic mass is 9.80. The van der Waals surface area contributed by atoms with Gasteiger partial charge in [-0.15, -0.1) is 0 Å². The zero-order valence-corrected chi connectivity index (χ0v) is 11.0. The molecular weight excluding hydrogens is 238 g/mol. The van der Waals surface area contributed by atoms with Crippen LogP contribution in [0.4, 0.5) is 0 Å². The maximum atomic E-state index is 11.6. The van der Waals surface area contributed by atoms with Crippen molar-refractivity contribution in [3.63, 3.8) is 0 Å². The maximum absolute atomic E-state index is 11.6. The largest absolute Gasteiger partial charge is 0.459 e. The molecule has 0 N–H and O–H groups in total. The van der Waals surface area contributed by atoms with Gasteiger partial charge in [0.15, 0.2) is 5.79 Å². The Morgan fingerprint density at radius 2 is 1.78 bits per heavy atom. The molecule has 0 unspecified atom stereocenters. The van der Waals surface area contributed by atoms with E-state index in [9.17, 15) is 9.59 Å². The summed E-state index contributed by atoms with van der Waals surface area (Å²) in [6.45, 7) is 7.68. The molecule has 0 saturated carbocycles. The molecule has 6 nitrogen and oxygen atoms in total. The lowest BCUT2D eigenvalue weighted by Gasteiger charge is -2.53. The molecule has 2 saturated heterocycles. The number of hydrogen-bond acceptors (Lipinski definition) is 5. The zero-order valence-electron chi connectivity index (χ0n) is 11.0. The van der Waals surface area contributed by atoms with Crippen LogP contribution in [0.15, 0.2) is 0 Å². The molecule has 2 fully saturated rings. The van der Waals surface area contributed by atoms with E-state index >= 15 is 0 Å². The molecule has 102 valence electrons. The number of nitrogens with zero attached hydrogens (tertiary/aromatic N) is 1. The van der Waals surface area contributed by atoms with Crippen molar-refractivity contribution < 1.29 is 23.8 Å². The highest BCUT2D eigenvalue weighted by atomic mass is 16.7. The van der Waals surface area contributed by atoms with Gasteiger partial charge in [-0.2, -0.15) is 0 Å². The van der Waals surface area contributed by atoms with Crippen LogP contribution >= 0.6 is 0 Å². The molecule has 1 amide bonds. The van der Waals surface area contributed by atoms with Crippen LogP contribution in [0.5, 0.6) is 0 Å². The summed E-state index contributed by atoms with van der Waals surface area (Å²) in [6.07, 6.45) is 0. The zero-order chi connectivity index (χ0) is 13.4. The fourth-order valence-electron chi connectivity index (χ4n) is 2.15. The first-order chi connectivity index (χ1) is 8.37. The molecule has 0 bridgehead atoms. The van der Waals surface area contributed by atoms with Crippen molar-refractivity contribution >= 4 is 11.9 Å². The highest BCUT2D eigenvalue weighted by Crippen LogP contribution is 2.37. The van der Waals surface area contributed by atoms with E-state index in [1.54, 1.807) is 6.92 Å². The van der Waals surface area contributed by atoms with Crippen LogP contribution in [-0.2, 0) is 23.8 Å². The molecule has 0 aliphatic carbocycles. The SMILES string of the molecule is CCOC(=O)C(=O)N1CC2(COC(C)(C)OC2)C1. The van der Waals surface area contributed by atoms with Gasteiger partial charge in [-0.25, -0.2) is 4.79 Å². The summed E-state index contributed by atoms with van der Waals surface area (Å²) in [5, 5.41) is 0. The third-order valence-electron chi connectivity index (χ3n) is 3.24. The van der Waals surface area contributed by atoms with Crippen molar-refractivity contribution in [2.75, 3.05) is 32.9 Å². The number of likely N-dealkylation sites (tertiary alicyclic amines) is 1. The Kier molecular flexibility index (Phi) is 3.33. The van der Waals surface area contributed by atoms with Gasteiger partial charge in [0.2, 0.25) is 0 Å². The molecule has 18 heavy (non-hydrogen) atoms. The van der Waals surface area contributed by atoms with Gasteiger partial charge in [-0.3, -0.25) is 4.79 Å². The molecule has 2 rings (SSSR count). The smallest absolute Gasteiger partial charge is 0.397 e. The summed E-state index contributed by atoms with van der Waals surface area (Å²) >= 11 is 0. The number of rotatable bonds is 1. The van der Waals surface area contributed by atoms with Gasteiger partial charge in [0.05, 0.1) is 25.2 Å². The summed E-state index contributed by atoms with van der Waals surface area (Å²) < 4.78 is 15.8. The van der Waals surface area contributed by atoms with Crippen LogP contribution in [0.1, 0.15) is 20.8 Å². The second-order valence-electron chi connectivity index (χ2n) is 5.36. The van der Waals surface area contributed by atoms with Crippen LogP contribution in [-0.4, -0.2) is 55.5 Å². The Hall–Kier alpha value is -1.14. The average molecular weight is 257 g/mol. The Balaban J connectivity index is 1.83. The minimum atomic E-state index is -0.787. The van der Waals surface area contributed by atoms with Crippen molar-refractivity contribution in [1.29, 1.82) is 0 Å². The summed E-state index contributed by atoms with van der Waals surface area (Å²) in [5.41, 5.74) is -0.155. The Morgan fingerprint density at radius 3 is 2.28 bits per heavy atom. The Morgan fingerprint density at radius 1 is 1.22 bits per heavy atom. The third-order valence-corrected chi connectivity index (χ3v) is 3.24. The van der Waals surface area contributed by atoms with Gasteiger partial charge in [0, 0.05) is 13.1 Å². The predicted molar refractivity (Wildman–Crippen MR) is 61.6 cm³/mol. The average Bonchev–Trinajstić information content (AvgIpc) is 2.26. The van der Waals surface area contributed by atoms with Crippen LogP contribution < -0.4 is 0 Å². The molecule has 0 aromatic heterocycles. The molecule has 2 aliphatic heterocycles. The summed E-state index contributed by atoms with van der Waals surface area (Å²) in [4.78, 5) is 24.4. The van der Waals surface area contributed by atoms with E-state index in [2.05, 4.69) is 4.74 Å². The van der Waals surface area contributed by atoms with Crippen molar-refractivity contribution in [3.05, 3.63) is 0 Å². The highest BCUT2D eigenvalue weighted by Gasteiger charge is 2.51. The standard InChI is InChI=1S/C12H19NO5/c1-4-16-10(15)9(14)13-5-12(6-13)7-17-11(2,3)18-8-12/h4-8H2,1-3H3. The van der Waals surface area contributed by atoms with Gasteiger partial charge in [0.25, 0.3) is 0 Å². The van der Waals surface area contributed by atoms with E-state index in [1.165, 1.54) is 4.90 Å². The molecular formula is C12H19NO5. The summed E-state index contributed by atoms with van der Waals surface area (Å²) in [5.74, 6) is -1.92. The third kappa shape index (κ3) is 2.49. The number of hydrogen-bond donors (Lipinski definition) is 0. The monoisotopic (exact) mass is 257 g/mol. The van der Waals surface area contributed by atoms with E-state index in [0.29, 0.717) is 26.3 Å². The van der Waals surface area contributed by atoms with Gasteiger partial charge in [-0.05, 0) is 20.8 Å². The fourth-order valence-corrected chi connectivity index (χ4v) is 2.15. The first-order valence-electron chi connectivity index (χ1n) is 6.11. The van der Waals surface area contributed by atoms with E-state index in [-0.39, 0.29) is 12.0 Å². The Bertz CT molecular complexity index is 347. The number of amides is 1. The van der Waals surface area contributed by atoms with Crippen LogP contribution in [0.2, 0.25) is 0 Å². The molecule has 0 radical (unpaired) electrons. The van der Waals surface area contributed by atoms with Gasteiger partial charge in [-0.1, -0.05) is 0 Å². The molecule has 1 spiro atoms. The second-order valence-corrected chi connectivity index (χ2v) is 5.36. The number of carbonyl (C=O) groups excluding carboxylic acids is 2. The lowest BCUT2D eigenvalue weighted by molar-refractivity contribution is -0.302. The number of carbonyl (C=O) groups is 2. The minimum absolute atomic E-state index is 0.155. The van der Waals surface area contributed by atoms with Gasteiger partial charge < -0.3 is 19.1 Å². The van der Waals surface area contributed by atoms with Crippen molar-refractivity contribution in [2.24, 2.45) is 5.41 Å². The van der Waals surface area contributed by atoms with E-state index < -0.39 is 17.7 Å². The number of esters is 1. The van der Waals surface area contributed by atoms with E-state index in [4.69, 9.17) is 9.47 Å². The highest BCUT2D eigenvalue weighted by molar-refractivity contribution is 6.32. The molecule has 0 aromatic carbocycles. The van der Waals surface area contributed by atoms with Gasteiger partial charge >= 0.3 is 11.9 Å². The van der Waals surface area contributed by atoms with Gasteiger partial charge in [0.1, 0.15) is 0 Å². The topological polar surface area (TPSA) is 65.1 Å². The molecule has 0 aromatic rings.